The molecular formula is C21H17FN2O2S2. The topological polar surface area (TPSA) is 44.1 Å². The summed E-state index contributed by atoms with van der Waals surface area (Å²) in [6.07, 6.45) is 0. The minimum atomic E-state index is -0.294. The number of hydrogen-bond donors (Lipinski definition) is 0. The largest absolute Gasteiger partial charge is 0.497 e. The average Bonchev–Trinajstić information content (AvgIpc) is 3.19. The number of thioether (sulfide) groups is 1. The van der Waals surface area contributed by atoms with Gasteiger partial charge in [0.2, 0.25) is 0 Å². The van der Waals surface area contributed by atoms with Gasteiger partial charge in [0.15, 0.2) is 5.16 Å². The van der Waals surface area contributed by atoms with E-state index in [9.17, 15) is 9.18 Å². The van der Waals surface area contributed by atoms with Crippen LogP contribution in [0.15, 0.2) is 69.9 Å². The summed E-state index contributed by atoms with van der Waals surface area (Å²) < 4.78 is 20.7. The van der Waals surface area contributed by atoms with Crippen molar-refractivity contribution in [1.29, 1.82) is 0 Å². The Morgan fingerprint density at radius 3 is 2.50 bits per heavy atom. The van der Waals surface area contributed by atoms with Gasteiger partial charge in [0.25, 0.3) is 5.56 Å². The van der Waals surface area contributed by atoms with Gasteiger partial charge in [-0.3, -0.25) is 9.36 Å². The summed E-state index contributed by atoms with van der Waals surface area (Å²) in [4.78, 5) is 17.7. The molecule has 7 heteroatoms. The maximum atomic E-state index is 13.2. The maximum Gasteiger partial charge on any atom is 0.272 e. The highest BCUT2D eigenvalue weighted by Crippen LogP contribution is 2.25. The molecule has 0 N–H and O–H groups in total. The van der Waals surface area contributed by atoms with E-state index in [1.807, 2.05) is 35.7 Å². The minimum Gasteiger partial charge on any atom is -0.497 e. The molecule has 0 saturated carbocycles. The Bertz CT molecular complexity index is 1150. The van der Waals surface area contributed by atoms with Crippen LogP contribution in [0.1, 0.15) is 11.1 Å². The molecule has 2 heterocycles. The van der Waals surface area contributed by atoms with Gasteiger partial charge in [-0.2, -0.15) is 0 Å². The smallest absolute Gasteiger partial charge is 0.272 e. The number of benzene rings is 2. The first-order valence-electron chi connectivity index (χ1n) is 8.62. The zero-order valence-corrected chi connectivity index (χ0v) is 16.7. The number of ether oxygens (including phenoxy) is 1. The molecule has 28 heavy (non-hydrogen) atoms. The zero-order chi connectivity index (χ0) is 19.5. The second kappa shape index (κ2) is 8.16. The van der Waals surface area contributed by atoms with Gasteiger partial charge in [-0.05, 0) is 46.8 Å². The summed E-state index contributed by atoms with van der Waals surface area (Å²) in [7, 11) is 1.64. The van der Waals surface area contributed by atoms with E-state index in [1.54, 1.807) is 23.8 Å². The summed E-state index contributed by atoms with van der Waals surface area (Å²) in [5.41, 5.74) is 2.61. The lowest BCUT2D eigenvalue weighted by atomic mass is 10.2. The number of fused-ring (bicyclic) bond motifs is 1. The van der Waals surface area contributed by atoms with Crippen molar-refractivity contribution in [3.05, 3.63) is 87.3 Å². The number of methoxy groups -OCH3 is 1. The molecule has 0 fully saturated rings. The molecule has 0 aliphatic heterocycles. The molecule has 2 aromatic carbocycles. The van der Waals surface area contributed by atoms with Gasteiger partial charge in [-0.1, -0.05) is 36.0 Å². The van der Waals surface area contributed by atoms with Crippen molar-refractivity contribution in [3.8, 4) is 5.75 Å². The van der Waals surface area contributed by atoms with Gasteiger partial charge in [0.1, 0.15) is 16.3 Å². The molecule has 4 aromatic rings. The van der Waals surface area contributed by atoms with Crippen LogP contribution in [0.5, 0.6) is 5.75 Å². The van der Waals surface area contributed by atoms with Crippen molar-refractivity contribution >= 4 is 33.3 Å². The Morgan fingerprint density at radius 1 is 1.07 bits per heavy atom. The molecule has 0 atom stereocenters. The summed E-state index contributed by atoms with van der Waals surface area (Å²) in [5.74, 6) is 1.19. The minimum absolute atomic E-state index is 0.0680. The van der Waals surface area contributed by atoms with E-state index in [1.165, 1.54) is 35.2 Å². The van der Waals surface area contributed by atoms with Gasteiger partial charge >= 0.3 is 0 Å². The van der Waals surface area contributed by atoms with E-state index >= 15 is 0 Å². The molecule has 2 aromatic heterocycles. The first-order chi connectivity index (χ1) is 13.6. The van der Waals surface area contributed by atoms with Crippen molar-refractivity contribution in [2.24, 2.45) is 0 Å². The Balaban J connectivity index is 1.66. The van der Waals surface area contributed by atoms with Crippen LogP contribution < -0.4 is 10.3 Å². The van der Waals surface area contributed by atoms with E-state index in [0.717, 1.165) is 16.9 Å². The molecule has 4 nitrogen and oxygen atoms in total. The van der Waals surface area contributed by atoms with Crippen LogP contribution in [0.3, 0.4) is 0 Å². The van der Waals surface area contributed by atoms with Crippen molar-refractivity contribution in [3.63, 3.8) is 0 Å². The molecule has 0 bridgehead atoms. The molecule has 0 aliphatic carbocycles. The standard InChI is InChI=1S/C21H17FN2O2S2/c1-26-17-8-4-15(5-9-17)13-28-21-23-18-10-11-27-19(18)20(25)24(21)12-14-2-6-16(22)7-3-14/h2-11H,12-13H2,1H3. The van der Waals surface area contributed by atoms with Crippen LogP contribution in [0.4, 0.5) is 4.39 Å². The van der Waals surface area contributed by atoms with Crippen LogP contribution >= 0.6 is 23.1 Å². The number of halogens is 1. The Kier molecular flexibility index (Phi) is 5.45. The first kappa shape index (κ1) is 18.7. The van der Waals surface area contributed by atoms with Crippen molar-refractivity contribution in [1.82, 2.24) is 9.55 Å². The lowest BCUT2D eigenvalue weighted by Gasteiger charge is -2.12. The van der Waals surface area contributed by atoms with E-state index in [2.05, 4.69) is 0 Å². The third-order valence-electron chi connectivity index (χ3n) is 4.31. The number of rotatable bonds is 6. The first-order valence-corrected chi connectivity index (χ1v) is 10.5. The summed E-state index contributed by atoms with van der Waals surface area (Å²) in [5, 5.41) is 2.52. The summed E-state index contributed by atoms with van der Waals surface area (Å²) in [6, 6.07) is 15.9. The molecule has 4 rings (SSSR count). The quantitative estimate of drug-likeness (QED) is 0.332. The molecular weight excluding hydrogens is 395 g/mol. The Labute approximate surface area is 169 Å². The summed E-state index contributed by atoms with van der Waals surface area (Å²) in [6.45, 7) is 0.352. The molecule has 142 valence electrons. The summed E-state index contributed by atoms with van der Waals surface area (Å²) >= 11 is 2.90. The Morgan fingerprint density at radius 2 is 1.79 bits per heavy atom. The van der Waals surface area contributed by atoms with Gasteiger partial charge in [-0.25, -0.2) is 9.37 Å². The van der Waals surface area contributed by atoms with Gasteiger partial charge in [0.05, 0.1) is 19.2 Å². The van der Waals surface area contributed by atoms with Crippen LogP contribution in [-0.2, 0) is 12.3 Å². The molecule has 0 radical (unpaired) electrons. The highest BCUT2D eigenvalue weighted by molar-refractivity contribution is 7.98. The fourth-order valence-electron chi connectivity index (χ4n) is 2.82. The number of thiophene rings is 1. The number of hydrogen-bond acceptors (Lipinski definition) is 5. The number of nitrogens with zero attached hydrogens (tertiary/aromatic N) is 2. The van der Waals surface area contributed by atoms with Crippen LogP contribution in [0.25, 0.3) is 10.2 Å². The predicted octanol–water partition coefficient (Wildman–Crippen LogP) is 4.95. The van der Waals surface area contributed by atoms with Crippen molar-refractivity contribution in [2.75, 3.05) is 7.11 Å². The van der Waals surface area contributed by atoms with Crippen LogP contribution in [-0.4, -0.2) is 16.7 Å². The fourth-order valence-corrected chi connectivity index (χ4v) is 4.55. The average molecular weight is 413 g/mol. The van der Waals surface area contributed by atoms with Gasteiger partial charge in [0, 0.05) is 5.75 Å². The highest BCUT2D eigenvalue weighted by Gasteiger charge is 2.13. The number of aromatic nitrogens is 2. The fraction of sp³-hybridized carbons (Fsp3) is 0.143. The lowest BCUT2D eigenvalue weighted by molar-refractivity contribution is 0.414. The van der Waals surface area contributed by atoms with E-state index in [4.69, 9.17) is 9.72 Å². The molecule has 0 amide bonds. The van der Waals surface area contributed by atoms with E-state index in [-0.39, 0.29) is 11.4 Å². The van der Waals surface area contributed by atoms with E-state index in [0.29, 0.717) is 27.7 Å². The monoisotopic (exact) mass is 412 g/mol. The third-order valence-corrected chi connectivity index (χ3v) is 6.25. The van der Waals surface area contributed by atoms with Crippen molar-refractivity contribution in [2.45, 2.75) is 17.5 Å². The van der Waals surface area contributed by atoms with Crippen LogP contribution in [0.2, 0.25) is 0 Å². The molecule has 0 unspecified atom stereocenters. The second-order valence-corrected chi connectivity index (χ2v) is 8.04. The molecule has 0 spiro atoms. The van der Waals surface area contributed by atoms with Gasteiger partial charge < -0.3 is 4.74 Å². The van der Waals surface area contributed by atoms with Crippen molar-refractivity contribution < 1.29 is 9.13 Å². The molecule has 0 saturated heterocycles. The predicted molar refractivity (Wildman–Crippen MR) is 112 cm³/mol. The Hall–Kier alpha value is -2.64. The second-order valence-electron chi connectivity index (χ2n) is 6.18. The molecule has 0 aliphatic rings. The third kappa shape index (κ3) is 3.95. The SMILES string of the molecule is COc1ccc(CSc2nc3ccsc3c(=O)n2Cc2ccc(F)cc2)cc1. The van der Waals surface area contributed by atoms with Crippen LogP contribution in [0, 0.1) is 5.82 Å². The maximum absolute atomic E-state index is 13.2. The normalized spacial score (nSPS) is 11.1. The lowest BCUT2D eigenvalue weighted by Crippen LogP contribution is -2.23. The van der Waals surface area contributed by atoms with E-state index < -0.39 is 0 Å². The highest BCUT2D eigenvalue weighted by atomic mass is 32.2. The van der Waals surface area contributed by atoms with Gasteiger partial charge in [-0.15, -0.1) is 11.3 Å². The zero-order valence-electron chi connectivity index (χ0n) is 15.1.